The van der Waals surface area contributed by atoms with E-state index in [1.807, 2.05) is 36.5 Å². The van der Waals surface area contributed by atoms with Crippen LogP contribution in [0.5, 0.6) is 0 Å². The molecule has 0 aliphatic rings. The van der Waals surface area contributed by atoms with Gasteiger partial charge in [-0.1, -0.05) is 23.7 Å². The fraction of sp³-hybridized carbons (Fsp3) is 0.105. The molecule has 0 atom stereocenters. The molecule has 0 fully saturated rings. The Labute approximate surface area is 160 Å². The van der Waals surface area contributed by atoms with Gasteiger partial charge in [-0.3, -0.25) is 14.2 Å². The predicted octanol–water partition coefficient (Wildman–Crippen LogP) is 3.67. The van der Waals surface area contributed by atoms with Crippen LogP contribution in [0.3, 0.4) is 0 Å². The third-order valence-corrected chi connectivity index (χ3v) is 4.16. The van der Waals surface area contributed by atoms with Crippen LogP contribution in [0, 0.1) is 0 Å². The van der Waals surface area contributed by atoms with Gasteiger partial charge >= 0.3 is 0 Å². The molecule has 4 rings (SSSR count). The van der Waals surface area contributed by atoms with Crippen molar-refractivity contribution >= 4 is 23.2 Å². The van der Waals surface area contributed by atoms with Crippen molar-refractivity contribution < 1.29 is 9.21 Å². The van der Waals surface area contributed by atoms with Crippen LogP contribution in [-0.4, -0.2) is 25.5 Å². The van der Waals surface area contributed by atoms with Crippen LogP contribution in [0.15, 0.2) is 71.7 Å². The number of halogens is 1. The number of nitrogens with zero attached hydrogens (tertiary/aromatic N) is 4. The number of amides is 1. The van der Waals surface area contributed by atoms with E-state index in [1.165, 1.54) is 0 Å². The Hall–Kier alpha value is -3.32. The average molecular weight is 382 g/mol. The Bertz CT molecular complexity index is 1030. The quantitative estimate of drug-likeness (QED) is 0.552. The topological polar surface area (TPSA) is 77.9 Å². The van der Waals surface area contributed by atoms with Gasteiger partial charge in [-0.05, 0) is 35.9 Å². The van der Waals surface area contributed by atoms with Gasteiger partial charge in [0.05, 0.1) is 25.0 Å². The number of carbonyl (C=O) groups excluding carboxylic acids is 1. The van der Waals surface area contributed by atoms with Gasteiger partial charge in [-0.2, -0.15) is 10.2 Å². The van der Waals surface area contributed by atoms with E-state index in [9.17, 15) is 4.79 Å². The van der Waals surface area contributed by atoms with Crippen LogP contribution in [0.4, 0.5) is 5.69 Å². The Morgan fingerprint density at radius 3 is 2.70 bits per heavy atom. The van der Waals surface area contributed by atoms with Crippen molar-refractivity contribution in [1.82, 2.24) is 19.6 Å². The maximum atomic E-state index is 12.4. The normalized spacial score (nSPS) is 10.9. The standard InChI is InChI=1S/C19H16ClN5O2/c20-15-4-2-14(3-5-15)11-25-12-16(10-22-25)23-19(26)18-7-6-17(27-18)13-24-9-1-8-21-24/h1-10,12H,11,13H2,(H,23,26). The molecule has 3 heterocycles. The molecule has 136 valence electrons. The second kappa shape index (κ2) is 7.51. The highest BCUT2D eigenvalue weighted by Gasteiger charge is 2.13. The van der Waals surface area contributed by atoms with Gasteiger partial charge in [0.25, 0.3) is 5.91 Å². The van der Waals surface area contributed by atoms with Crippen LogP contribution in [-0.2, 0) is 13.1 Å². The lowest BCUT2D eigenvalue weighted by Crippen LogP contribution is -2.10. The second-order valence-electron chi connectivity index (χ2n) is 5.98. The number of hydrogen-bond donors (Lipinski definition) is 1. The molecule has 0 bridgehead atoms. The lowest BCUT2D eigenvalue weighted by atomic mass is 10.2. The molecule has 7 nitrogen and oxygen atoms in total. The number of benzene rings is 1. The van der Waals surface area contributed by atoms with Crippen LogP contribution in [0.1, 0.15) is 21.9 Å². The largest absolute Gasteiger partial charge is 0.454 e. The first kappa shape index (κ1) is 17.1. The zero-order valence-corrected chi connectivity index (χ0v) is 15.0. The molecule has 0 spiro atoms. The van der Waals surface area contributed by atoms with Gasteiger partial charge in [0.2, 0.25) is 0 Å². The van der Waals surface area contributed by atoms with Crippen LogP contribution in [0.25, 0.3) is 0 Å². The van der Waals surface area contributed by atoms with Crippen molar-refractivity contribution in [2.45, 2.75) is 13.1 Å². The van der Waals surface area contributed by atoms with E-state index in [4.69, 9.17) is 16.0 Å². The summed E-state index contributed by atoms with van der Waals surface area (Å²) in [4.78, 5) is 12.4. The van der Waals surface area contributed by atoms with Gasteiger partial charge in [0.1, 0.15) is 5.76 Å². The SMILES string of the molecule is O=C(Nc1cnn(Cc2ccc(Cl)cc2)c1)c1ccc(Cn2cccn2)o1. The molecule has 0 saturated carbocycles. The highest BCUT2D eigenvalue weighted by molar-refractivity contribution is 6.30. The molecule has 8 heteroatoms. The molecular formula is C19H16ClN5O2. The molecule has 0 aliphatic carbocycles. The predicted molar refractivity (Wildman–Crippen MR) is 101 cm³/mol. The number of furan rings is 1. The Morgan fingerprint density at radius 2 is 1.93 bits per heavy atom. The molecule has 1 amide bonds. The number of aromatic nitrogens is 4. The van der Waals surface area contributed by atoms with Crippen molar-refractivity contribution in [2.75, 3.05) is 5.32 Å². The molecule has 0 aliphatic heterocycles. The summed E-state index contributed by atoms with van der Waals surface area (Å²) < 4.78 is 9.06. The maximum Gasteiger partial charge on any atom is 0.291 e. The monoisotopic (exact) mass is 381 g/mol. The summed E-state index contributed by atoms with van der Waals surface area (Å²) in [6.45, 7) is 1.06. The number of carbonyl (C=O) groups is 1. The molecule has 3 aromatic heterocycles. The summed E-state index contributed by atoms with van der Waals surface area (Å²) in [5, 5.41) is 11.9. The lowest BCUT2D eigenvalue weighted by molar-refractivity contribution is 0.0994. The third kappa shape index (κ3) is 4.27. The average Bonchev–Trinajstić information content (AvgIpc) is 3.40. The Kier molecular flexibility index (Phi) is 4.76. The number of rotatable bonds is 6. The highest BCUT2D eigenvalue weighted by Crippen LogP contribution is 2.14. The molecule has 0 radical (unpaired) electrons. The first-order chi connectivity index (χ1) is 13.2. The van der Waals surface area contributed by atoms with Crippen molar-refractivity contribution in [2.24, 2.45) is 0 Å². The molecule has 0 saturated heterocycles. The number of nitrogens with one attached hydrogen (secondary N) is 1. The van der Waals surface area contributed by atoms with Gasteiger partial charge in [-0.15, -0.1) is 0 Å². The van der Waals surface area contributed by atoms with E-state index < -0.39 is 0 Å². The Balaban J connectivity index is 1.38. The smallest absolute Gasteiger partial charge is 0.291 e. The number of hydrogen-bond acceptors (Lipinski definition) is 4. The van der Waals surface area contributed by atoms with Gasteiger partial charge in [0, 0.05) is 23.6 Å². The minimum atomic E-state index is -0.326. The van der Waals surface area contributed by atoms with Gasteiger partial charge < -0.3 is 9.73 Å². The molecule has 27 heavy (non-hydrogen) atoms. The highest BCUT2D eigenvalue weighted by atomic mass is 35.5. The summed E-state index contributed by atoms with van der Waals surface area (Å²) in [6.07, 6.45) is 6.89. The first-order valence-corrected chi connectivity index (χ1v) is 8.68. The van der Waals surface area contributed by atoms with Crippen LogP contribution >= 0.6 is 11.6 Å². The van der Waals surface area contributed by atoms with E-state index >= 15 is 0 Å². The van der Waals surface area contributed by atoms with E-state index in [0.717, 1.165) is 5.56 Å². The van der Waals surface area contributed by atoms with Crippen molar-refractivity contribution in [3.8, 4) is 0 Å². The Morgan fingerprint density at radius 1 is 1.07 bits per heavy atom. The zero-order chi connectivity index (χ0) is 18.6. The maximum absolute atomic E-state index is 12.4. The summed E-state index contributed by atoms with van der Waals surface area (Å²) in [5.41, 5.74) is 1.66. The lowest BCUT2D eigenvalue weighted by Gasteiger charge is -2.02. The second-order valence-corrected chi connectivity index (χ2v) is 6.41. The van der Waals surface area contributed by atoms with Crippen molar-refractivity contribution in [1.29, 1.82) is 0 Å². The zero-order valence-electron chi connectivity index (χ0n) is 14.2. The van der Waals surface area contributed by atoms with Crippen molar-refractivity contribution in [3.63, 3.8) is 0 Å². The van der Waals surface area contributed by atoms with E-state index in [-0.39, 0.29) is 11.7 Å². The van der Waals surface area contributed by atoms with Crippen molar-refractivity contribution in [3.05, 3.63) is 89.4 Å². The summed E-state index contributed by atoms with van der Waals surface area (Å²) in [6, 6.07) is 12.8. The summed E-state index contributed by atoms with van der Waals surface area (Å²) in [5.74, 6) is 0.567. The first-order valence-electron chi connectivity index (χ1n) is 8.30. The fourth-order valence-corrected chi connectivity index (χ4v) is 2.75. The minimum Gasteiger partial charge on any atom is -0.454 e. The molecule has 0 unspecified atom stereocenters. The van der Waals surface area contributed by atoms with E-state index in [2.05, 4.69) is 15.5 Å². The molecular weight excluding hydrogens is 366 g/mol. The molecule has 4 aromatic rings. The van der Waals surface area contributed by atoms with Gasteiger partial charge in [-0.25, -0.2) is 0 Å². The molecule has 1 N–H and O–H groups in total. The summed E-state index contributed by atoms with van der Waals surface area (Å²) in [7, 11) is 0. The minimum absolute atomic E-state index is 0.239. The fourth-order valence-electron chi connectivity index (χ4n) is 2.62. The van der Waals surface area contributed by atoms with Crippen LogP contribution < -0.4 is 5.32 Å². The van der Waals surface area contributed by atoms with Crippen LogP contribution in [0.2, 0.25) is 5.02 Å². The van der Waals surface area contributed by atoms with E-state index in [0.29, 0.717) is 29.6 Å². The third-order valence-electron chi connectivity index (χ3n) is 3.91. The van der Waals surface area contributed by atoms with Gasteiger partial charge in [0.15, 0.2) is 5.76 Å². The molecule has 1 aromatic carbocycles. The van der Waals surface area contributed by atoms with E-state index in [1.54, 1.807) is 40.1 Å². The summed E-state index contributed by atoms with van der Waals surface area (Å²) >= 11 is 5.89. The number of anilines is 1.